The van der Waals surface area contributed by atoms with Gasteiger partial charge in [0.1, 0.15) is 0 Å². The van der Waals surface area contributed by atoms with Crippen molar-refractivity contribution in [3.8, 4) is 5.69 Å². The van der Waals surface area contributed by atoms with E-state index in [0.717, 1.165) is 36.3 Å². The molecule has 2 atom stereocenters. The minimum Gasteiger partial charge on any atom is -0.345 e. The Labute approximate surface area is 238 Å². The van der Waals surface area contributed by atoms with Gasteiger partial charge in [-0.1, -0.05) is 73.7 Å². The molecule has 0 fully saturated rings. The predicted octanol–water partition coefficient (Wildman–Crippen LogP) is 7.05. The van der Waals surface area contributed by atoms with Crippen LogP contribution < -0.4 is 10.9 Å². The zero-order chi connectivity index (χ0) is 27.6. The molecule has 202 valence electrons. The topological polar surface area (TPSA) is 54.3 Å². The second-order valence-electron chi connectivity index (χ2n) is 10.4. The first kappa shape index (κ1) is 26.2. The number of aromatic nitrogens is 1. The van der Waals surface area contributed by atoms with Crippen molar-refractivity contribution in [1.82, 2.24) is 14.8 Å². The number of thiophene rings is 1. The van der Waals surface area contributed by atoms with Gasteiger partial charge in [-0.2, -0.15) is 0 Å². The molecule has 5 aromatic rings. The lowest BCUT2D eigenvalue weighted by atomic mass is 9.97. The molecule has 0 saturated carbocycles. The van der Waals surface area contributed by atoms with Crippen LogP contribution in [0.15, 0.2) is 101 Å². The average Bonchev–Trinajstić information content (AvgIpc) is 3.48. The summed E-state index contributed by atoms with van der Waals surface area (Å²) in [4.78, 5) is 32.3. The van der Waals surface area contributed by atoms with Crippen LogP contribution in [0.3, 0.4) is 0 Å². The molecule has 0 bridgehead atoms. The summed E-state index contributed by atoms with van der Waals surface area (Å²) in [5.41, 5.74) is 4.35. The number of hydrogen-bond acceptors (Lipinski definition) is 4. The standard InChI is InChI=1S/C34H33N3O2S/c1-3-29(24-12-6-4-7-13-24)35-33(38)32-27-16-10-11-17-28(27)34(39)37(25-14-8-5-9-15-25)30(32)22-36-20-18-31-26(23(36)2)19-21-40-31/h4-17,19,21,23,29H,3,18,20,22H2,1-2H3,(H,35,38)/t23-,29?/m0/s1. The maximum atomic E-state index is 14.4. The normalized spacial score (nSPS) is 16.0. The molecule has 1 N–H and O–H groups in total. The minimum absolute atomic E-state index is 0.107. The van der Waals surface area contributed by atoms with Crippen LogP contribution in [0, 0.1) is 0 Å². The summed E-state index contributed by atoms with van der Waals surface area (Å²) in [6.45, 7) is 5.65. The number of nitrogens with one attached hydrogen (secondary N) is 1. The number of pyridine rings is 1. The summed E-state index contributed by atoms with van der Waals surface area (Å²) < 4.78 is 1.76. The van der Waals surface area contributed by atoms with Gasteiger partial charge in [0.05, 0.1) is 17.3 Å². The minimum atomic E-state index is -0.160. The lowest BCUT2D eigenvalue weighted by Crippen LogP contribution is -2.38. The van der Waals surface area contributed by atoms with Gasteiger partial charge in [-0.05, 0) is 60.5 Å². The van der Waals surface area contributed by atoms with Crippen LogP contribution >= 0.6 is 11.3 Å². The van der Waals surface area contributed by atoms with Crippen molar-refractivity contribution in [1.29, 1.82) is 0 Å². The van der Waals surface area contributed by atoms with E-state index in [9.17, 15) is 9.59 Å². The smallest absolute Gasteiger partial charge is 0.263 e. The number of benzene rings is 3. The van der Waals surface area contributed by atoms with Crippen LogP contribution in [0.5, 0.6) is 0 Å². The SMILES string of the molecule is CCC(NC(=O)c1c(CN2CCc3sccc3[C@@H]2C)n(-c2ccccc2)c(=O)c2ccccc12)c1ccccc1. The molecule has 1 aliphatic rings. The summed E-state index contributed by atoms with van der Waals surface area (Å²) in [6, 6.07) is 29.5. The number of hydrogen-bond donors (Lipinski definition) is 1. The highest BCUT2D eigenvalue weighted by molar-refractivity contribution is 7.10. The van der Waals surface area contributed by atoms with E-state index in [1.165, 1.54) is 10.4 Å². The monoisotopic (exact) mass is 547 g/mol. The van der Waals surface area contributed by atoms with E-state index in [2.05, 4.69) is 35.5 Å². The second kappa shape index (κ2) is 11.2. The van der Waals surface area contributed by atoms with Gasteiger partial charge in [-0.3, -0.25) is 19.1 Å². The highest BCUT2D eigenvalue weighted by Crippen LogP contribution is 2.35. The second-order valence-corrected chi connectivity index (χ2v) is 11.4. The molecule has 6 heteroatoms. The van der Waals surface area contributed by atoms with Gasteiger partial charge in [0, 0.05) is 40.5 Å². The molecule has 0 spiro atoms. The Bertz CT molecular complexity index is 1710. The Hall–Kier alpha value is -4.00. The van der Waals surface area contributed by atoms with E-state index in [1.54, 1.807) is 4.57 Å². The highest BCUT2D eigenvalue weighted by Gasteiger charge is 2.30. The molecule has 1 aliphatic heterocycles. The summed E-state index contributed by atoms with van der Waals surface area (Å²) in [6.07, 6.45) is 1.72. The van der Waals surface area contributed by atoms with E-state index in [4.69, 9.17) is 0 Å². The van der Waals surface area contributed by atoms with E-state index in [1.807, 2.05) is 96.3 Å². The van der Waals surface area contributed by atoms with E-state index >= 15 is 0 Å². The largest absolute Gasteiger partial charge is 0.345 e. The van der Waals surface area contributed by atoms with Crippen LogP contribution in [0.2, 0.25) is 0 Å². The molecular weight excluding hydrogens is 514 g/mol. The maximum absolute atomic E-state index is 14.4. The van der Waals surface area contributed by atoms with Crippen molar-refractivity contribution in [3.63, 3.8) is 0 Å². The van der Waals surface area contributed by atoms with Gasteiger partial charge in [-0.25, -0.2) is 0 Å². The summed E-state index contributed by atoms with van der Waals surface area (Å²) in [7, 11) is 0. The van der Waals surface area contributed by atoms with E-state index in [0.29, 0.717) is 22.9 Å². The molecule has 5 nitrogen and oxygen atoms in total. The van der Waals surface area contributed by atoms with Crippen molar-refractivity contribution < 1.29 is 4.79 Å². The number of carbonyl (C=O) groups is 1. The molecule has 40 heavy (non-hydrogen) atoms. The zero-order valence-electron chi connectivity index (χ0n) is 22.8. The summed E-state index contributed by atoms with van der Waals surface area (Å²) >= 11 is 1.81. The maximum Gasteiger partial charge on any atom is 0.263 e. The highest BCUT2D eigenvalue weighted by atomic mass is 32.1. The third-order valence-corrected chi connectivity index (χ3v) is 9.10. The number of fused-ring (bicyclic) bond motifs is 2. The van der Waals surface area contributed by atoms with Crippen LogP contribution in [0.4, 0.5) is 0 Å². The summed E-state index contributed by atoms with van der Waals surface area (Å²) in [5.74, 6) is -0.160. The van der Waals surface area contributed by atoms with Crippen molar-refractivity contribution in [2.75, 3.05) is 6.54 Å². The van der Waals surface area contributed by atoms with E-state index < -0.39 is 0 Å². The summed E-state index contributed by atoms with van der Waals surface area (Å²) in [5, 5.41) is 6.71. The first-order chi connectivity index (χ1) is 19.6. The first-order valence-electron chi connectivity index (χ1n) is 13.9. The van der Waals surface area contributed by atoms with Gasteiger partial charge >= 0.3 is 0 Å². The van der Waals surface area contributed by atoms with Crippen LogP contribution in [0.1, 0.15) is 64.4 Å². The molecule has 6 rings (SSSR count). The van der Waals surface area contributed by atoms with Gasteiger partial charge < -0.3 is 5.32 Å². The molecule has 3 aromatic carbocycles. The Morgan fingerprint density at radius 1 is 0.950 bits per heavy atom. The van der Waals surface area contributed by atoms with Crippen LogP contribution in [0.25, 0.3) is 16.5 Å². The number of nitrogens with zero attached hydrogens (tertiary/aromatic N) is 2. The lowest BCUT2D eigenvalue weighted by Gasteiger charge is -2.35. The molecular formula is C34H33N3O2S. The Morgan fingerprint density at radius 2 is 1.62 bits per heavy atom. The fourth-order valence-corrected chi connectivity index (χ4v) is 6.92. The van der Waals surface area contributed by atoms with Gasteiger partial charge in [0.25, 0.3) is 11.5 Å². The predicted molar refractivity (Wildman–Crippen MR) is 163 cm³/mol. The molecule has 3 heterocycles. The van der Waals surface area contributed by atoms with Gasteiger partial charge in [0.15, 0.2) is 0 Å². The molecule has 1 unspecified atom stereocenters. The third kappa shape index (κ3) is 4.78. The zero-order valence-corrected chi connectivity index (χ0v) is 23.7. The van der Waals surface area contributed by atoms with Crippen LogP contribution in [-0.2, 0) is 13.0 Å². The van der Waals surface area contributed by atoms with Crippen molar-refractivity contribution in [2.24, 2.45) is 0 Å². The fraction of sp³-hybridized carbons (Fsp3) is 0.235. The number of amides is 1. The number of carbonyl (C=O) groups excluding carboxylic acids is 1. The molecule has 0 radical (unpaired) electrons. The third-order valence-electron chi connectivity index (χ3n) is 8.10. The Balaban J connectivity index is 1.54. The number of rotatable bonds is 7. The van der Waals surface area contributed by atoms with Crippen LogP contribution in [-0.4, -0.2) is 21.9 Å². The quantitative estimate of drug-likeness (QED) is 0.238. The van der Waals surface area contributed by atoms with Crippen molar-refractivity contribution >= 4 is 28.0 Å². The molecule has 2 aromatic heterocycles. The Morgan fingerprint density at radius 3 is 2.35 bits per heavy atom. The molecule has 0 aliphatic carbocycles. The van der Waals surface area contributed by atoms with E-state index in [-0.39, 0.29) is 23.6 Å². The molecule has 0 saturated heterocycles. The Kier molecular flexibility index (Phi) is 7.37. The van der Waals surface area contributed by atoms with Crippen molar-refractivity contribution in [2.45, 2.75) is 45.3 Å². The van der Waals surface area contributed by atoms with Gasteiger partial charge in [-0.15, -0.1) is 11.3 Å². The lowest BCUT2D eigenvalue weighted by molar-refractivity contribution is 0.0933. The first-order valence-corrected chi connectivity index (χ1v) is 14.8. The number of para-hydroxylation sites is 1. The fourth-order valence-electron chi connectivity index (χ4n) is 5.96. The average molecular weight is 548 g/mol. The van der Waals surface area contributed by atoms with Crippen molar-refractivity contribution in [3.05, 3.63) is 134 Å². The van der Waals surface area contributed by atoms with Gasteiger partial charge in [0.2, 0.25) is 0 Å². The molecule has 1 amide bonds.